The summed E-state index contributed by atoms with van der Waals surface area (Å²) in [6, 6.07) is 0. The highest BCUT2D eigenvalue weighted by Gasteiger charge is 2.30. The highest BCUT2D eigenvalue weighted by molar-refractivity contribution is 7.47. The lowest BCUT2D eigenvalue weighted by atomic mass is 10.0. The molecule has 0 aromatic heterocycles. The van der Waals surface area contributed by atoms with E-state index in [4.69, 9.17) is 37.0 Å². The Hall–Kier alpha value is -3.24. The Kier molecular flexibility index (Phi) is 67.8. The maximum absolute atomic E-state index is 13.1. The van der Waals surface area contributed by atoms with Crippen LogP contribution in [0.2, 0.25) is 0 Å². The van der Waals surface area contributed by atoms with Crippen LogP contribution in [-0.4, -0.2) is 96.7 Å². The first-order valence-corrected chi connectivity index (χ1v) is 41.5. The average Bonchev–Trinajstić information content (AvgIpc) is 1.17. The van der Waals surface area contributed by atoms with Crippen LogP contribution >= 0.6 is 15.6 Å². The third-order valence-corrected chi connectivity index (χ3v) is 18.4. The van der Waals surface area contributed by atoms with E-state index in [9.17, 15) is 43.2 Å². The molecule has 0 aliphatic heterocycles. The fourth-order valence-electron chi connectivity index (χ4n) is 10.6. The molecule has 0 aromatic carbocycles. The van der Waals surface area contributed by atoms with E-state index >= 15 is 0 Å². The molecule has 0 rings (SSSR count). The second-order valence-electron chi connectivity index (χ2n) is 25.9. The molecule has 0 aliphatic carbocycles. The zero-order chi connectivity index (χ0) is 70.4. The minimum atomic E-state index is -4.97. The minimum Gasteiger partial charge on any atom is -0.462 e. The molecule has 19 heteroatoms. The van der Waals surface area contributed by atoms with Crippen LogP contribution in [0, 0.1) is 0 Å². The minimum absolute atomic E-state index is 0.0826. The standard InChI is InChI=1S/C77H140O17P2/c1-5-9-13-17-21-25-29-32-34-35-37-40-43-46-50-54-58-62-75(80)88-68-73(94-77(82)64-60-56-52-48-44-38-31-27-23-19-15-11-7-3)70-92-96(85,86)90-66-71(78)65-89-95(83,84)91-69-72(93-76(81)63-59-55-51-47-41-28-24-20-16-12-8-4)67-87-74(79)61-57-53-49-45-42-39-36-33-30-26-22-18-14-10-6-2/h9,13,21,25,27,31-32,34,37,40,71-73,78H,5-8,10-12,14-20,22-24,26,28-30,33,35-36,38-39,41-70H2,1-4H3,(H,83,84)(H,85,86)/b13-9-,25-21-,31-27-,34-32-,40-37-. The number of ether oxygens (including phenoxy) is 4. The predicted octanol–water partition coefficient (Wildman–Crippen LogP) is 21.9. The molecule has 0 radical (unpaired) electrons. The number of esters is 4. The summed E-state index contributed by atoms with van der Waals surface area (Å²) in [5, 5.41) is 10.6. The predicted molar refractivity (Wildman–Crippen MR) is 390 cm³/mol. The molecule has 17 nitrogen and oxygen atoms in total. The van der Waals surface area contributed by atoms with Gasteiger partial charge in [-0.1, -0.05) is 294 Å². The van der Waals surface area contributed by atoms with Crippen molar-refractivity contribution in [1.29, 1.82) is 0 Å². The zero-order valence-corrected chi connectivity index (χ0v) is 62.8. The quantitative estimate of drug-likeness (QED) is 0.0169. The number of allylic oxidation sites excluding steroid dienone is 10. The van der Waals surface area contributed by atoms with Crippen LogP contribution in [0.3, 0.4) is 0 Å². The van der Waals surface area contributed by atoms with Gasteiger partial charge in [-0.2, -0.15) is 0 Å². The van der Waals surface area contributed by atoms with Crippen LogP contribution < -0.4 is 0 Å². The molecule has 0 spiro atoms. The van der Waals surface area contributed by atoms with Crippen molar-refractivity contribution in [2.45, 2.75) is 367 Å². The van der Waals surface area contributed by atoms with Crippen molar-refractivity contribution in [3.05, 3.63) is 60.8 Å². The van der Waals surface area contributed by atoms with E-state index in [0.29, 0.717) is 25.7 Å². The Labute approximate surface area is 584 Å². The Bertz CT molecular complexity index is 2060. The maximum atomic E-state index is 13.1. The van der Waals surface area contributed by atoms with Crippen LogP contribution in [0.4, 0.5) is 0 Å². The first-order valence-electron chi connectivity index (χ1n) is 38.5. The molecule has 0 saturated heterocycles. The molecule has 3 N–H and O–H groups in total. The van der Waals surface area contributed by atoms with Crippen LogP contribution in [0.5, 0.6) is 0 Å². The second kappa shape index (κ2) is 70.2. The smallest absolute Gasteiger partial charge is 0.462 e. The Morgan fingerprint density at radius 3 is 0.854 bits per heavy atom. The number of aliphatic hydroxyl groups excluding tert-OH is 1. The van der Waals surface area contributed by atoms with Gasteiger partial charge in [0.25, 0.3) is 0 Å². The van der Waals surface area contributed by atoms with Crippen molar-refractivity contribution in [2.24, 2.45) is 0 Å². The number of phosphoric acid groups is 2. The van der Waals surface area contributed by atoms with Crippen molar-refractivity contribution in [2.75, 3.05) is 39.6 Å². The van der Waals surface area contributed by atoms with E-state index < -0.39 is 97.5 Å². The highest BCUT2D eigenvalue weighted by Crippen LogP contribution is 2.45. The number of hydrogen-bond donors (Lipinski definition) is 3. The number of unbranched alkanes of at least 4 members (excludes halogenated alkanes) is 37. The third-order valence-electron chi connectivity index (χ3n) is 16.5. The number of hydrogen-bond acceptors (Lipinski definition) is 15. The molecule has 0 saturated carbocycles. The lowest BCUT2D eigenvalue weighted by Gasteiger charge is -2.21. The summed E-state index contributed by atoms with van der Waals surface area (Å²) in [6.07, 6.45) is 67.8. The molecule has 0 aromatic rings. The van der Waals surface area contributed by atoms with Crippen molar-refractivity contribution in [3.63, 3.8) is 0 Å². The summed E-state index contributed by atoms with van der Waals surface area (Å²) in [7, 11) is -9.94. The number of rotatable bonds is 73. The molecular weight excluding hydrogens is 1260 g/mol. The molecular formula is C77H140O17P2. The molecule has 560 valence electrons. The first-order chi connectivity index (χ1) is 46.7. The van der Waals surface area contributed by atoms with Crippen molar-refractivity contribution in [1.82, 2.24) is 0 Å². The Morgan fingerprint density at radius 1 is 0.302 bits per heavy atom. The maximum Gasteiger partial charge on any atom is 0.472 e. The fraction of sp³-hybridized carbons (Fsp3) is 0.818. The van der Waals surface area contributed by atoms with Gasteiger partial charge in [0, 0.05) is 25.7 Å². The summed E-state index contributed by atoms with van der Waals surface area (Å²) < 4.78 is 68.4. The number of aliphatic hydroxyl groups is 1. The molecule has 0 amide bonds. The lowest BCUT2D eigenvalue weighted by molar-refractivity contribution is -0.161. The monoisotopic (exact) mass is 1400 g/mol. The summed E-state index contributed by atoms with van der Waals surface area (Å²) in [5.41, 5.74) is 0. The zero-order valence-electron chi connectivity index (χ0n) is 61.1. The van der Waals surface area contributed by atoms with E-state index in [0.717, 1.165) is 135 Å². The van der Waals surface area contributed by atoms with Crippen LogP contribution in [0.25, 0.3) is 0 Å². The van der Waals surface area contributed by atoms with Crippen LogP contribution in [0.1, 0.15) is 349 Å². The molecule has 96 heavy (non-hydrogen) atoms. The first kappa shape index (κ1) is 92.8. The lowest BCUT2D eigenvalue weighted by Crippen LogP contribution is -2.30. The Morgan fingerprint density at radius 2 is 0.542 bits per heavy atom. The van der Waals surface area contributed by atoms with Gasteiger partial charge in [-0.3, -0.25) is 37.3 Å². The number of phosphoric ester groups is 2. The SMILES string of the molecule is CC/C=C\C/C=C\C/C=C\C/C=C\CCCCCCC(=O)OCC(COP(=O)(O)OCC(O)COP(=O)(O)OCC(COC(=O)CCCCCCCCCCCCCCCCC)OC(=O)CCCCCCCCCCCCC)OC(=O)CCCCCCC/C=C\CCCCCC. The normalized spacial score (nSPS) is 14.3. The van der Waals surface area contributed by atoms with Crippen molar-refractivity contribution < 1.29 is 80.2 Å². The summed E-state index contributed by atoms with van der Waals surface area (Å²) in [5.74, 6) is -2.18. The molecule has 5 atom stereocenters. The third kappa shape index (κ3) is 69.2. The van der Waals surface area contributed by atoms with E-state index in [1.165, 1.54) is 135 Å². The average molecular weight is 1400 g/mol. The molecule has 0 heterocycles. The van der Waals surface area contributed by atoms with Gasteiger partial charge in [-0.25, -0.2) is 9.13 Å². The van der Waals surface area contributed by atoms with E-state index in [-0.39, 0.29) is 25.7 Å². The Balaban J connectivity index is 5.30. The van der Waals surface area contributed by atoms with Crippen LogP contribution in [0.15, 0.2) is 60.8 Å². The highest BCUT2D eigenvalue weighted by atomic mass is 31.2. The fourth-order valence-corrected chi connectivity index (χ4v) is 12.2. The number of carbonyl (C=O) groups is 4. The summed E-state index contributed by atoms with van der Waals surface area (Å²) >= 11 is 0. The van der Waals surface area contributed by atoms with Crippen LogP contribution in [-0.2, 0) is 65.4 Å². The van der Waals surface area contributed by atoms with Crippen molar-refractivity contribution >= 4 is 39.5 Å². The van der Waals surface area contributed by atoms with Gasteiger partial charge in [-0.05, 0) is 89.9 Å². The largest absolute Gasteiger partial charge is 0.472 e. The summed E-state index contributed by atoms with van der Waals surface area (Å²) in [6.45, 7) is 4.76. The van der Waals surface area contributed by atoms with Gasteiger partial charge >= 0.3 is 39.5 Å². The van der Waals surface area contributed by atoms with E-state index in [1.807, 2.05) is 0 Å². The van der Waals surface area contributed by atoms with Gasteiger partial charge in [0.05, 0.1) is 26.4 Å². The van der Waals surface area contributed by atoms with Gasteiger partial charge < -0.3 is 33.8 Å². The second-order valence-corrected chi connectivity index (χ2v) is 28.8. The van der Waals surface area contributed by atoms with Gasteiger partial charge in [0.1, 0.15) is 19.3 Å². The molecule has 5 unspecified atom stereocenters. The van der Waals surface area contributed by atoms with E-state index in [1.54, 1.807) is 0 Å². The van der Waals surface area contributed by atoms with E-state index in [2.05, 4.69) is 88.5 Å². The van der Waals surface area contributed by atoms with Crippen molar-refractivity contribution in [3.8, 4) is 0 Å². The van der Waals surface area contributed by atoms with Gasteiger partial charge in [-0.15, -0.1) is 0 Å². The van der Waals surface area contributed by atoms with Gasteiger partial charge in [0.15, 0.2) is 12.2 Å². The summed E-state index contributed by atoms with van der Waals surface area (Å²) in [4.78, 5) is 72.8. The van der Waals surface area contributed by atoms with Gasteiger partial charge in [0.2, 0.25) is 0 Å². The molecule has 0 bridgehead atoms. The molecule has 0 fully saturated rings. The topological polar surface area (TPSA) is 237 Å². The number of carbonyl (C=O) groups excluding carboxylic acids is 4. The molecule has 0 aliphatic rings.